The van der Waals surface area contributed by atoms with E-state index in [0.717, 1.165) is 0 Å². The van der Waals surface area contributed by atoms with Gasteiger partial charge in [-0.1, -0.05) is 6.42 Å². The molecular formula is C52H79N11Na2O26. The number of nitrogens with zero attached hydrogens (tertiary/aromatic N) is 2. The van der Waals surface area contributed by atoms with E-state index in [9.17, 15) is 63.6 Å². The summed E-state index contributed by atoms with van der Waals surface area (Å²) in [6.07, 6.45) is -5.35. The number of amides is 7. The minimum atomic E-state index is -1.50. The zero-order valence-corrected chi connectivity index (χ0v) is 55.4. The summed E-state index contributed by atoms with van der Waals surface area (Å²) in [7, 11) is 2.72. The maximum Gasteiger partial charge on any atom is 1.00 e. The summed E-state index contributed by atoms with van der Waals surface area (Å²) < 4.78 is 43.6. The number of carbonyl (C=O) groups is 9. The molecule has 0 bridgehead atoms. The van der Waals surface area contributed by atoms with Crippen molar-refractivity contribution in [2.24, 2.45) is 27.2 Å². The molecule has 0 spiro atoms. The Kier molecular flexibility index (Phi) is 45.5. The number of hydrogen-bond donors (Lipinski definition) is 14. The van der Waals surface area contributed by atoms with Gasteiger partial charge in [-0.2, -0.15) is 32.4 Å². The molecule has 0 aromatic heterocycles. The van der Waals surface area contributed by atoms with E-state index < -0.39 is 153 Å². The quantitative estimate of drug-likeness (QED) is 0.00793. The summed E-state index contributed by atoms with van der Waals surface area (Å²) >= 11 is 0. The largest absolute Gasteiger partial charge is 1.00 e. The molecule has 16 atom stereocenters. The van der Waals surface area contributed by atoms with E-state index in [4.69, 9.17) is 79.4 Å². The predicted molar refractivity (Wildman–Crippen MR) is 295 cm³/mol. The average molecular weight is 1320 g/mol. The maximum atomic E-state index is 12.8. The first kappa shape index (κ1) is 86.9. The Hall–Kier alpha value is -6.19. The third-order valence-corrected chi connectivity index (χ3v) is 12.6. The molecule has 0 aromatic rings. The van der Waals surface area contributed by atoms with Crippen LogP contribution in [-0.4, -0.2) is 242 Å². The topological polar surface area (TPSA) is 572 Å². The number of methoxy groups -OCH3 is 2. The number of hydrogen-bond acceptors (Lipinski definition) is 27. The number of aldehydes is 1. The van der Waals surface area contributed by atoms with Crippen LogP contribution in [0.1, 0.15) is 72.6 Å². The molecule has 2 saturated heterocycles. The van der Waals surface area contributed by atoms with Gasteiger partial charge in [0.25, 0.3) is 0 Å². The number of nitrogens with two attached hydrogens (primary N) is 3. The number of carboxylic acids is 1. The fourth-order valence-electron chi connectivity index (χ4n) is 8.28. The van der Waals surface area contributed by atoms with Crippen molar-refractivity contribution in [1.82, 2.24) is 31.9 Å². The van der Waals surface area contributed by atoms with Crippen molar-refractivity contribution in [3.05, 3.63) is 36.9 Å². The van der Waals surface area contributed by atoms with Crippen LogP contribution in [0.4, 0.5) is 0 Å². The van der Waals surface area contributed by atoms with Gasteiger partial charge in [-0.05, 0) is 63.9 Å². The zero-order chi connectivity index (χ0) is 67.3. The van der Waals surface area contributed by atoms with Gasteiger partial charge < -0.3 is 113 Å². The third-order valence-electron chi connectivity index (χ3n) is 12.6. The van der Waals surface area contributed by atoms with Crippen LogP contribution in [0, 0.1) is 13.2 Å². The second-order valence-electron chi connectivity index (χ2n) is 19.4. The first-order valence-corrected chi connectivity index (χ1v) is 27.1. The predicted octanol–water partition coefficient (Wildman–Crippen LogP) is -13.2. The van der Waals surface area contributed by atoms with Crippen LogP contribution in [-0.2, 0) is 100 Å². The average Bonchev–Trinajstić information content (AvgIpc) is 0.987. The fraction of sp³-hybridized carbons (Fsp3) is 0.635. The molecule has 0 saturated carbocycles. The van der Waals surface area contributed by atoms with Crippen molar-refractivity contribution in [2.45, 2.75) is 170 Å². The number of aliphatic hydroxyl groups is 4. The molecule has 4 rings (SSSR count). The van der Waals surface area contributed by atoms with Crippen LogP contribution in [0.2, 0.25) is 0 Å². The second kappa shape index (κ2) is 47.7. The van der Waals surface area contributed by atoms with Gasteiger partial charge in [-0.25, -0.2) is 0 Å². The number of carboxylic acid groups (broad SMARTS) is 1. The molecule has 4 aliphatic rings. The number of unbranched alkanes of at least 4 members (excludes halogenated alkanes) is 2. The zero-order valence-electron chi connectivity index (χ0n) is 51.4. The van der Waals surface area contributed by atoms with E-state index in [1.54, 1.807) is 19.9 Å². The molecule has 0 radical (unpaired) electrons. The van der Waals surface area contributed by atoms with Crippen LogP contribution < -0.4 is 108 Å². The summed E-state index contributed by atoms with van der Waals surface area (Å²) in [4.78, 5) is 147. The van der Waals surface area contributed by atoms with Crippen molar-refractivity contribution >= 4 is 78.1 Å². The van der Waals surface area contributed by atoms with Gasteiger partial charge in [-0.3, -0.25) is 53.1 Å². The molecule has 7 amide bonds. The fourth-order valence-corrected chi connectivity index (χ4v) is 8.28. The summed E-state index contributed by atoms with van der Waals surface area (Å²) in [6.45, 7) is 7.93. The SMILES string of the molecule is COC1[CH-]OC(OC2C=C(C=NCCCCCC(=O)NCC(=O)NC(CCCN=C(N)N)C(=O)NCC(=O)NC(CC(=O)O)C(N)=O)OC(C)C2NC(C)=O)C(O)C1O.COC1[CH-]OC(OC2C=C(C=O)OC(C)C2NC(C)=O)C(O)C1O.O=C=O.O=C=O.[Na+].[Na+]. The molecule has 500 valence electrons. The van der Waals surface area contributed by atoms with Crippen molar-refractivity contribution < 1.29 is 185 Å². The van der Waals surface area contributed by atoms with E-state index in [1.807, 2.05) is 0 Å². The first-order chi connectivity index (χ1) is 42.1. The Labute approximate surface area is 566 Å². The molecule has 2 fully saturated rings. The Balaban J connectivity index is 0. The minimum Gasteiger partial charge on any atom is -0.525 e. The van der Waals surface area contributed by atoms with E-state index in [2.05, 4.69) is 41.9 Å². The van der Waals surface area contributed by atoms with E-state index in [1.165, 1.54) is 53.6 Å². The van der Waals surface area contributed by atoms with Crippen molar-refractivity contribution in [1.29, 1.82) is 0 Å². The molecule has 0 aliphatic carbocycles. The maximum absolute atomic E-state index is 12.8. The van der Waals surface area contributed by atoms with E-state index in [-0.39, 0.29) is 121 Å². The van der Waals surface area contributed by atoms with Gasteiger partial charge in [-0.15, -0.1) is 0 Å². The summed E-state index contributed by atoms with van der Waals surface area (Å²) in [5, 5.41) is 64.6. The molecule has 39 heteroatoms. The number of carbonyl (C=O) groups excluding carboxylic acids is 12. The number of aliphatic hydroxyl groups excluding tert-OH is 4. The molecule has 16 unspecified atom stereocenters. The Morgan fingerprint density at radius 2 is 1.13 bits per heavy atom. The summed E-state index contributed by atoms with van der Waals surface area (Å²) in [5.74, 6) is -5.66. The molecule has 4 aliphatic heterocycles. The van der Waals surface area contributed by atoms with Crippen LogP contribution in [0.5, 0.6) is 0 Å². The standard InChI is InChI=1S/C35H57N10O14.C15H22NO8.2CO2.2Na/c1-18-29(43-19(2)46)23(59-34-31(53)30(52)24(56-3)17-57-34)12-20(58-18)14-39-10-6-4-5-9-25(47)41-15-26(48)44-21(8-7-11-40-35(37)38)33(55)42-16-27(49)45-22(32(36)54)13-28(50)51;1-7-12(16-8(2)18)10(4-9(5-17)23-7)24-15-14(20)13(19)11(21-3)6-22-15;2*2-1-3;;/h12,14,17-18,21-24,29-31,34,52-53H,4-11,13,15-16H2,1-3H3,(H2,36,54)(H,41,47)(H,42,55)(H,43,46)(H,44,48)(H,45,49)(H,50,51)(H4,37,38,40);4-7,10-15,19-20H,1-3H3,(H,16,18);;;;/q2*-1;;;2*+1. The van der Waals surface area contributed by atoms with Gasteiger partial charge in [0.15, 0.2) is 30.6 Å². The molecule has 37 nitrogen and oxygen atoms in total. The molecule has 4 heterocycles. The van der Waals surface area contributed by atoms with Gasteiger partial charge in [0, 0.05) is 47.6 Å². The number of allylic oxidation sites excluding steroid dienone is 2. The number of ether oxygens (including phenoxy) is 8. The van der Waals surface area contributed by atoms with Gasteiger partial charge in [0.05, 0.1) is 50.0 Å². The molecule has 91 heavy (non-hydrogen) atoms. The van der Waals surface area contributed by atoms with Crippen molar-refractivity contribution in [2.75, 3.05) is 40.4 Å². The number of primary amides is 1. The number of aliphatic carboxylic acids is 1. The van der Waals surface area contributed by atoms with Crippen LogP contribution >= 0.6 is 0 Å². The van der Waals surface area contributed by atoms with Crippen LogP contribution in [0.3, 0.4) is 0 Å². The van der Waals surface area contributed by atoms with Crippen molar-refractivity contribution in [3.8, 4) is 0 Å². The van der Waals surface area contributed by atoms with Gasteiger partial charge in [0.1, 0.15) is 54.5 Å². The summed E-state index contributed by atoms with van der Waals surface area (Å²) in [6, 6.07) is -3.92. The van der Waals surface area contributed by atoms with Crippen LogP contribution in [0.25, 0.3) is 0 Å². The number of rotatable bonds is 30. The monoisotopic (exact) mass is 1320 g/mol. The van der Waals surface area contributed by atoms with E-state index >= 15 is 0 Å². The number of nitrogens with one attached hydrogen (secondary N) is 6. The Bertz CT molecular complexity index is 2510. The van der Waals surface area contributed by atoms with Crippen molar-refractivity contribution in [3.63, 3.8) is 0 Å². The Morgan fingerprint density at radius 1 is 0.670 bits per heavy atom. The first-order valence-electron chi connectivity index (χ1n) is 27.1. The second-order valence-corrected chi connectivity index (χ2v) is 19.4. The normalized spacial score (nSPS) is 26.0. The minimum absolute atomic E-state index is 0. The smallest absolute Gasteiger partial charge is 0.525 e. The Morgan fingerprint density at radius 3 is 1.57 bits per heavy atom. The molecule has 17 N–H and O–H groups in total. The third kappa shape index (κ3) is 33.8. The number of guanidine groups is 1. The summed E-state index contributed by atoms with van der Waals surface area (Å²) in [5.41, 5.74) is 15.8. The van der Waals surface area contributed by atoms with Gasteiger partial charge in [0.2, 0.25) is 41.4 Å². The molecule has 0 aromatic carbocycles. The van der Waals surface area contributed by atoms with Gasteiger partial charge >= 0.3 is 77.4 Å². The van der Waals surface area contributed by atoms with Crippen LogP contribution in [0.15, 0.2) is 33.7 Å². The number of aliphatic imine (C=N–C) groups is 2. The molecular weight excluding hydrogens is 1240 g/mol. The van der Waals surface area contributed by atoms with E-state index in [0.29, 0.717) is 37.9 Å².